The van der Waals surface area contributed by atoms with Crippen LogP contribution in [0.25, 0.3) is 11.0 Å². The number of fused-ring (bicyclic) bond motifs is 1. The number of hydrazone groups is 1. The summed E-state index contributed by atoms with van der Waals surface area (Å²) < 4.78 is 37.2. The van der Waals surface area contributed by atoms with Crippen molar-refractivity contribution in [2.24, 2.45) is 5.10 Å². The summed E-state index contributed by atoms with van der Waals surface area (Å²) >= 11 is 3.25. The van der Waals surface area contributed by atoms with Gasteiger partial charge in [0.2, 0.25) is 0 Å². The minimum atomic E-state index is -4.06. The maximum absolute atomic E-state index is 12.8. The molecule has 0 bridgehead atoms. The van der Waals surface area contributed by atoms with Crippen LogP contribution in [0.2, 0.25) is 0 Å². The average Bonchev–Trinajstić information content (AvgIpc) is 3.28. The van der Waals surface area contributed by atoms with E-state index < -0.39 is 10.1 Å². The first-order valence-corrected chi connectivity index (χ1v) is 14.6. The van der Waals surface area contributed by atoms with Crippen LogP contribution >= 0.6 is 34.4 Å². The van der Waals surface area contributed by atoms with Crippen molar-refractivity contribution in [3.63, 3.8) is 0 Å². The molecule has 2 N–H and O–H groups in total. The predicted molar refractivity (Wildman–Crippen MR) is 152 cm³/mol. The summed E-state index contributed by atoms with van der Waals surface area (Å²) in [5.41, 5.74) is 5.76. The van der Waals surface area contributed by atoms with Crippen LogP contribution in [0.4, 0.5) is 0 Å². The number of aromatic nitrogens is 2. The van der Waals surface area contributed by atoms with Crippen LogP contribution in [0.1, 0.15) is 18.1 Å². The second-order valence-electron chi connectivity index (χ2n) is 7.75. The molecule has 0 unspecified atom stereocenters. The summed E-state index contributed by atoms with van der Waals surface area (Å²) in [5.74, 6) is 0.165. The van der Waals surface area contributed by atoms with Crippen LogP contribution < -0.4 is 14.3 Å². The third-order valence-electron chi connectivity index (χ3n) is 4.94. The molecular weight excluding hydrogens is 627 g/mol. The molecule has 0 saturated heterocycles. The number of carbonyl (C=O) groups excluding carboxylic acids is 1. The number of H-pyrrole nitrogens is 1. The predicted octanol–water partition coefficient (Wildman–Crippen LogP) is 4.88. The van der Waals surface area contributed by atoms with Crippen LogP contribution in [0.15, 0.2) is 75.8 Å². The van der Waals surface area contributed by atoms with Crippen molar-refractivity contribution in [3.8, 4) is 11.5 Å². The highest BCUT2D eigenvalue weighted by molar-refractivity contribution is 14.1. The molecule has 0 radical (unpaired) electrons. The normalized spacial score (nSPS) is 11.6. The van der Waals surface area contributed by atoms with Gasteiger partial charge in [0.05, 0.1) is 33.2 Å². The van der Waals surface area contributed by atoms with Crippen LogP contribution in [-0.4, -0.2) is 42.9 Å². The molecule has 0 atom stereocenters. The molecule has 4 aromatic rings. The van der Waals surface area contributed by atoms with E-state index in [0.29, 0.717) is 20.9 Å². The first kappa shape index (κ1) is 26.9. The number of halogens is 1. The van der Waals surface area contributed by atoms with Crippen molar-refractivity contribution in [3.05, 3.63) is 75.4 Å². The molecule has 0 aliphatic carbocycles. The number of carbonyl (C=O) groups is 1. The molecule has 1 heterocycles. The summed E-state index contributed by atoms with van der Waals surface area (Å²) in [7, 11) is -4.06. The molecule has 0 fully saturated rings. The molecule has 9 nitrogen and oxygen atoms in total. The second kappa shape index (κ2) is 12.0. The number of thioether (sulfide) groups is 1. The monoisotopic (exact) mass is 650 g/mol. The Balaban J connectivity index is 1.42. The fourth-order valence-corrected chi connectivity index (χ4v) is 5.73. The highest BCUT2D eigenvalue weighted by Gasteiger charge is 2.22. The highest BCUT2D eigenvalue weighted by atomic mass is 127. The van der Waals surface area contributed by atoms with Crippen molar-refractivity contribution in [1.29, 1.82) is 0 Å². The summed E-state index contributed by atoms with van der Waals surface area (Å²) in [6.45, 7) is 3.95. The van der Waals surface area contributed by atoms with Crippen molar-refractivity contribution < 1.29 is 22.1 Å². The Morgan fingerprint density at radius 2 is 1.95 bits per heavy atom. The van der Waals surface area contributed by atoms with Gasteiger partial charge < -0.3 is 13.9 Å². The molecule has 12 heteroatoms. The number of nitrogens with zero attached hydrogens (tertiary/aromatic N) is 2. The number of rotatable bonds is 10. The van der Waals surface area contributed by atoms with Gasteiger partial charge in [-0.05, 0) is 78.4 Å². The Morgan fingerprint density at radius 3 is 2.68 bits per heavy atom. The SMILES string of the molecule is CCOc1cc(/C=N\NC(=O)CSc2nc3ccccc3[nH]2)cc(I)c1OS(=O)(=O)c1ccc(C)cc1. The maximum Gasteiger partial charge on any atom is 0.339 e. The molecule has 1 amide bonds. The number of hydrogen-bond acceptors (Lipinski definition) is 8. The molecule has 0 spiro atoms. The van der Waals surface area contributed by atoms with Gasteiger partial charge in [-0.25, -0.2) is 10.4 Å². The van der Waals surface area contributed by atoms with E-state index in [-0.39, 0.29) is 28.1 Å². The molecule has 0 aliphatic heterocycles. The van der Waals surface area contributed by atoms with E-state index in [1.54, 1.807) is 31.2 Å². The van der Waals surface area contributed by atoms with Gasteiger partial charge >= 0.3 is 10.1 Å². The van der Waals surface area contributed by atoms with Gasteiger partial charge in [0, 0.05) is 0 Å². The van der Waals surface area contributed by atoms with Gasteiger partial charge in [0.15, 0.2) is 16.7 Å². The van der Waals surface area contributed by atoms with E-state index >= 15 is 0 Å². The number of para-hydroxylation sites is 2. The van der Waals surface area contributed by atoms with E-state index in [1.165, 1.54) is 30.1 Å². The van der Waals surface area contributed by atoms with Crippen LogP contribution in [0.3, 0.4) is 0 Å². The van der Waals surface area contributed by atoms with Gasteiger partial charge in [-0.3, -0.25) is 4.79 Å². The van der Waals surface area contributed by atoms with Crippen molar-refractivity contribution in [2.45, 2.75) is 23.9 Å². The van der Waals surface area contributed by atoms with Crippen LogP contribution in [0.5, 0.6) is 11.5 Å². The minimum Gasteiger partial charge on any atom is -0.490 e. The zero-order valence-corrected chi connectivity index (χ0v) is 23.7. The van der Waals surface area contributed by atoms with E-state index in [2.05, 4.69) is 20.5 Å². The Bertz CT molecular complexity index is 1520. The largest absolute Gasteiger partial charge is 0.490 e. The number of aromatic amines is 1. The standard InChI is InChI=1S/C25H23IN4O5S2/c1-3-34-22-13-17(12-19(26)24(22)35-37(32,33)18-10-8-16(2)9-11-18)14-27-30-23(31)15-36-25-28-20-6-4-5-7-21(20)29-25/h4-14H,3,15H2,1-2H3,(H,28,29)(H,30,31)/b27-14-. The smallest absolute Gasteiger partial charge is 0.339 e. The van der Waals surface area contributed by atoms with Gasteiger partial charge in [0.25, 0.3) is 5.91 Å². The topological polar surface area (TPSA) is 123 Å². The molecule has 192 valence electrons. The number of aryl methyl sites for hydroxylation is 1. The lowest BCUT2D eigenvalue weighted by Crippen LogP contribution is -2.19. The third-order valence-corrected chi connectivity index (χ3v) is 7.86. The Kier molecular flexibility index (Phi) is 8.71. The quantitative estimate of drug-likeness (QED) is 0.0825. The molecule has 3 aromatic carbocycles. The second-order valence-corrected chi connectivity index (χ2v) is 11.4. The first-order valence-electron chi connectivity index (χ1n) is 11.1. The fraction of sp³-hybridized carbons (Fsp3) is 0.160. The highest BCUT2D eigenvalue weighted by Crippen LogP contribution is 2.36. The zero-order valence-electron chi connectivity index (χ0n) is 19.9. The molecule has 37 heavy (non-hydrogen) atoms. The van der Waals surface area contributed by atoms with Crippen LogP contribution in [0, 0.1) is 10.5 Å². The average molecular weight is 651 g/mol. The molecule has 0 saturated carbocycles. The van der Waals surface area contributed by atoms with Crippen LogP contribution in [-0.2, 0) is 14.9 Å². The van der Waals surface area contributed by atoms with E-state index in [0.717, 1.165) is 16.6 Å². The Hall–Kier alpha value is -3.10. The Morgan fingerprint density at radius 1 is 1.19 bits per heavy atom. The number of amides is 1. The molecule has 0 aliphatic rings. The van der Waals surface area contributed by atoms with Gasteiger partial charge in [-0.15, -0.1) is 0 Å². The molecule has 4 rings (SSSR count). The van der Waals surface area contributed by atoms with Crippen molar-refractivity contribution in [1.82, 2.24) is 15.4 Å². The van der Waals surface area contributed by atoms with Gasteiger partial charge in [-0.1, -0.05) is 41.6 Å². The number of ether oxygens (including phenoxy) is 1. The van der Waals surface area contributed by atoms with E-state index in [4.69, 9.17) is 8.92 Å². The summed E-state index contributed by atoms with van der Waals surface area (Å²) in [5, 5.41) is 4.66. The number of imidazole rings is 1. The van der Waals surface area contributed by atoms with E-state index in [1.807, 2.05) is 53.8 Å². The van der Waals surface area contributed by atoms with Crippen molar-refractivity contribution >= 4 is 67.6 Å². The zero-order chi connectivity index (χ0) is 26.4. The van der Waals surface area contributed by atoms with Gasteiger partial charge in [0.1, 0.15) is 4.90 Å². The summed E-state index contributed by atoms with van der Waals surface area (Å²) in [6, 6.07) is 17.3. The number of nitrogens with one attached hydrogen (secondary N) is 2. The Labute approximate surface area is 232 Å². The molecular formula is C25H23IN4O5S2. The fourth-order valence-electron chi connectivity index (χ4n) is 3.21. The lowest BCUT2D eigenvalue weighted by atomic mass is 10.2. The van der Waals surface area contributed by atoms with Gasteiger partial charge in [-0.2, -0.15) is 13.5 Å². The number of hydrogen-bond donors (Lipinski definition) is 2. The lowest BCUT2D eigenvalue weighted by molar-refractivity contribution is -0.118. The molecule has 1 aromatic heterocycles. The van der Waals surface area contributed by atoms with Crippen molar-refractivity contribution in [2.75, 3.05) is 12.4 Å². The first-order chi connectivity index (χ1) is 17.7. The van der Waals surface area contributed by atoms with E-state index in [9.17, 15) is 13.2 Å². The summed E-state index contributed by atoms with van der Waals surface area (Å²) in [6.07, 6.45) is 1.45. The minimum absolute atomic E-state index is 0.0465. The lowest BCUT2D eigenvalue weighted by Gasteiger charge is -2.14. The summed E-state index contributed by atoms with van der Waals surface area (Å²) in [4.78, 5) is 19.9. The number of benzene rings is 3. The maximum atomic E-state index is 12.8. The third kappa shape index (κ3) is 7.02.